The number of anilines is 1. The molecule has 1 aromatic carbocycles. The third-order valence-corrected chi connectivity index (χ3v) is 10.6. The van der Waals surface area contributed by atoms with Crippen LogP contribution in [-0.4, -0.2) is 106 Å². The molecule has 0 amide bonds. The van der Waals surface area contributed by atoms with Crippen molar-refractivity contribution in [2.24, 2.45) is 5.41 Å². The van der Waals surface area contributed by atoms with Crippen LogP contribution in [0.3, 0.4) is 0 Å². The molecular weight excluding hydrogens is 620 g/mol. The summed E-state index contributed by atoms with van der Waals surface area (Å²) in [6.07, 6.45) is 4.16. The van der Waals surface area contributed by atoms with E-state index in [0.29, 0.717) is 59.0 Å². The number of halogens is 3. The lowest BCUT2D eigenvalue weighted by atomic mass is 9.89. The van der Waals surface area contributed by atoms with Gasteiger partial charge in [-0.3, -0.25) is 10.00 Å². The van der Waals surface area contributed by atoms with Gasteiger partial charge in [-0.2, -0.15) is 15.1 Å². The second kappa shape index (κ2) is 10.6. The Morgan fingerprint density at radius 1 is 1.24 bits per heavy atom. The molecule has 3 aliphatic heterocycles. The van der Waals surface area contributed by atoms with E-state index in [-0.39, 0.29) is 53.7 Å². The van der Waals surface area contributed by atoms with E-state index in [4.69, 9.17) is 30.8 Å². The molecule has 4 fully saturated rings. The number of fused-ring (bicyclic) bond motifs is 3. The number of aryl methyl sites for hydroxylation is 1. The summed E-state index contributed by atoms with van der Waals surface area (Å²) in [5, 5.41) is 19.2. The Kier molecular flexibility index (Phi) is 6.88. The summed E-state index contributed by atoms with van der Waals surface area (Å²) in [6.45, 7) is 5.87. The van der Waals surface area contributed by atoms with Crippen molar-refractivity contribution in [1.82, 2.24) is 30.0 Å². The van der Waals surface area contributed by atoms with Gasteiger partial charge in [0, 0.05) is 37.0 Å². The van der Waals surface area contributed by atoms with Crippen LogP contribution in [0, 0.1) is 18.2 Å². The summed E-state index contributed by atoms with van der Waals surface area (Å²) in [5.41, 5.74) is 0.175. The standard InChI is InChI=1S/C32H36ClF2N7O4/c1-17-8-20-19(10-36-40-20)21(23(17)33)25-24(35)26-22(28(37-25)44-3)27(41-6-7-45-15-30(2,43)13-41)39-29(38-26)46-16-32-9-18(34)11-42(32)14-31(12-32)4-5-31/h8,10,18,43H,4-7,9,11-16H2,1-3H3,(H,36,40). The first-order chi connectivity index (χ1) is 22.0. The largest absolute Gasteiger partial charge is 0.480 e. The number of benzene rings is 1. The molecule has 11 nitrogen and oxygen atoms in total. The fourth-order valence-corrected chi connectivity index (χ4v) is 8.10. The molecule has 4 aromatic rings. The van der Waals surface area contributed by atoms with Gasteiger partial charge in [0.2, 0.25) is 5.88 Å². The summed E-state index contributed by atoms with van der Waals surface area (Å²) in [7, 11) is 1.44. The number of nitrogens with one attached hydrogen (secondary N) is 1. The number of hydrogen-bond acceptors (Lipinski definition) is 10. The van der Waals surface area contributed by atoms with Crippen molar-refractivity contribution in [2.75, 3.05) is 58.0 Å². The third-order valence-electron chi connectivity index (χ3n) is 10.1. The van der Waals surface area contributed by atoms with Gasteiger partial charge in [0.15, 0.2) is 5.82 Å². The molecule has 6 heterocycles. The lowest BCUT2D eigenvalue weighted by Crippen LogP contribution is -2.44. The Morgan fingerprint density at radius 2 is 2.07 bits per heavy atom. The molecule has 1 aliphatic carbocycles. The fraction of sp³-hybridized carbons (Fsp3) is 0.562. The Morgan fingerprint density at radius 3 is 2.85 bits per heavy atom. The summed E-state index contributed by atoms with van der Waals surface area (Å²) in [4.78, 5) is 18.1. The fourth-order valence-electron chi connectivity index (χ4n) is 7.85. The summed E-state index contributed by atoms with van der Waals surface area (Å²) >= 11 is 6.80. The van der Waals surface area contributed by atoms with Gasteiger partial charge in [0.1, 0.15) is 40.8 Å². The SMILES string of the molecule is COc1nc(-c2c(Cl)c(C)cc3[nH]ncc23)c(F)c2nc(OCC34CC(F)CN3CC3(CC3)C4)nc(N3CCOCC(C)(O)C3)c12. The molecule has 3 atom stereocenters. The molecule has 1 spiro atoms. The number of ether oxygens (including phenoxy) is 3. The van der Waals surface area contributed by atoms with Crippen LogP contribution in [0.2, 0.25) is 5.02 Å². The van der Waals surface area contributed by atoms with E-state index in [1.54, 1.807) is 13.1 Å². The molecule has 3 aromatic heterocycles. The number of alkyl halides is 1. The highest BCUT2D eigenvalue weighted by atomic mass is 35.5. The van der Waals surface area contributed by atoms with Crippen LogP contribution < -0.4 is 14.4 Å². The number of aromatic nitrogens is 5. The van der Waals surface area contributed by atoms with Gasteiger partial charge in [-0.1, -0.05) is 11.6 Å². The van der Waals surface area contributed by atoms with Crippen molar-refractivity contribution in [2.45, 2.75) is 56.8 Å². The van der Waals surface area contributed by atoms with Crippen molar-refractivity contribution >= 4 is 39.2 Å². The zero-order valence-electron chi connectivity index (χ0n) is 26.0. The quantitative estimate of drug-likeness (QED) is 0.305. The molecule has 0 bridgehead atoms. The molecule has 8 rings (SSSR count). The highest BCUT2D eigenvalue weighted by Crippen LogP contribution is 2.60. The van der Waals surface area contributed by atoms with Crippen molar-refractivity contribution in [3.63, 3.8) is 0 Å². The van der Waals surface area contributed by atoms with Crippen LogP contribution >= 0.6 is 11.6 Å². The Balaban J connectivity index is 1.29. The van der Waals surface area contributed by atoms with Gasteiger partial charge in [-0.15, -0.1) is 0 Å². The highest BCUT2D eigenvalue weighted by Gasteiger charge is 2.62. The Labute approximate surface area is 269 Å². The van der Waals surface area contributed by atoms with E-state index >= 15 is 4.39 Å². The number of β-amino-alcohol motifs (C(OH)–C–C–N with tert-alkyl or cyclic N) is 1. The first kappa shape index (κ1) is 30.0. The van der Waals surface area contributed by atoms with E-state index in [9.17, 15) is 9.50 Å². The Bertz CT molecular complexity index is 1870. The van der Waals surface area contributed by atoms with Crippen molar-refractivity contribution < 1.29 is 28.1 Å². The van der Waals surface area contributed by atoms with Gasteiger partial charge in [-0.05, 0) is 50.2 Å². The highest BCUT2D eigenvalue weighted by molar-refractivity contribution is 6.35. The predicted octanol–water partition coefficient (Wildman–Crippen LogP) is 4.61. The number of aromatic amines is 1. The maximum absolute atomic E-state index is 17.0. The van der Waals surface area contributed by atoms with E-state index in [1.165, 1.54) is 7.11 Å². The van der Waals surface area contributed by atoms with E-state index in [1.807, 2.05) is 17.9 Å². The van der Waals surface area contributed by atoms with Crippen LogP contribution in [0.15, 0.2) is 12.3 Å². The number of nitrogens with zero attached hydrogens (tertiary/aromatic N) is 6. The monoisotopic (exact) mass is 655 g/mol. The number of pyridine rings is 1. The molecule has 4 aliphatic rings. The molecule has 3 unspecified atom stereocenters. The van der Waals surface area contributed by atoms with Crippen LogP contribution in [-0.2, 0) is 4.74 Å². The van der Waals surface area contributed by atoms with E-state index in [0.717, 1.165) is 25.8 Å². The molecule has 3 saturated heterocycles. The average Bonchev–Trinajstić information content (AvgIpc) is 3.41. The lowest BCUT2D eigenvalue weighted by Gasteiger charge is -2.31. The second-order valence-electron chi connectivity index (χ2n) is 13.9. The second-order valence-corrected chi connectivity index (χ2v) is 14.3. The first-order valence-corrected chi connectivity index (χ1v) is 16.0. The van der Waals surface area contributed by atoms with Crippen molar-refractivity contribution in [3.8, 4) is 23.1 Å². The van der Waals surface area contributed by atoms with E-state index in [2.05, 4.69) is 25.1 Å². The molecule has 46 heavy (non-hydrogen) atoms. The van der Waals surface area contributed by atoms with Crippen LogP contribution in [0.4, 0.5) is 14.6 Å². The van der Waals surface area contributed by atoms with Gasteiger partial charge < -0.3 is 24.2 Å². The minimum Gasteiger partial charge on any atom is -0.480 e. The van der Waals surface area contributed by atoms with Gasteiger partial charge in [0.25, 0.3) is 0 Å². The minimum atomic E-state index is -1.21. The topological polar surface area (TPSA) is 122 Å². The van der Waals surface area contributed by atoms with Crippen molar-refractivity contribution in [3.05, 3.63) is 28.7 Å². The zero-order valence-corrected chi connectivity index (χ0v) is 26.8. The number of hydrogen-bond donors (Lipinski definition) is 2. The van der Waals surface area contributed by atoms with Gasteiger partial charge >= 0.3 is 6.01 Å². The van der Waals surface area contributed by atoms with Gasteiger partial charge in [-0.25, -0.2) is 13.8 Å². The zero-order chi connectivity index (χ0) is 32.0. The smallest absolute Gasteiger partial charge is 0.319 e. The normalized spacial score (nSPS) is 27.5. The number of rotatable bonds is 6. The van der Waals surface area contributed by atoms with Crippen LogP contribution in [0.5, 0.6) is 11.9 Å². The molecule has 2 N–H and O–H groups in total. The summed E-state index contributed by atoms with van der Waals surface area (Å²) in [5.74, 6) is -0.364. The maximum atomic E-state index is 17.0. The molecule has 1 saturated carbocycles. The summed E-state index contributed by atoms with van der Waals surface area (Å²) < 4.78 is 49.5. The summed E-state index contributed by atoms with van der Waals surface area (Å²) in [6, 6.07) is 1.79. The maximum Gasteiger partial charge on any atom is 0.319 e. The van der Waals surface area contributed by atoms with E-state index < -0.39 is 23.1 Å². The van der Waals surface area contributed by atoms with Crippen LogP contribution in [0.1, 0.15) is 38.2 Å². The molecule has 0 radical (unpaired) electrons. The van der Waals surface area contributed by atoms with Crippen molar-refractivity contribution in [1.29, 1.82) is 0 Å². The molecule has 14 heteroatoms. The number of methoxy groups -OCH3 is 1. The number of aliphatic hydroxyl groups is 1. The predicted molar refractivity (Wildman–Crippen MR) is 168 cm³/mol. The minimum absolute atomic E-state index is 0.0532. The Hall–Kier alpha value is -3.39. The molecule has 244 valence electrons. The van der Waals surface area contributed by atoms with Gasteiger partial charge in [0.05, 0.1) is 49.1 Å². The molecular formula is C32H36ClF2N7O4. The average molecular weight is 656 g/mol. The lowest BCUT2D eigenvalue weighted by molar-refractivity contribution is -0.0123. The number of H-pyrrole nitrogens is 1. The third kappa shape index (κ3) is 4.85. The van der Waals surface area contributed by atoms with Crippen LogP contribution in [0.25, 0.3) is 33.1 Å². The first-order valence-electron chi connectivity index (χ1n) is 15.7.